The molecule has 0 aliphatic carbocycles. The van der Waals surface area contributed by atoms with E-state index >= 15 is 0 Å². The molecule has 0 atom stereocenters. The number of thiol groups is 1. The van der Waals surface area contributed by atoms with Gasteiger partial charge < -0.3 is 17.0 Å². The minimum Gasteiger partial charge on any atom is -1.00 e. The smallest absolute Gasteiger partial charge is 0.168 e. The summed E-state index contributed by atoms with van der Waals surface area (Å²) in [5.74, 6) is 0.993. The van der Waals surface area contributed by atoms with Crippen LogP contribution in [0.25, 0.3) is 0 Å². The zero-order chi connectivity index (χ0) is 7.94. The van der Waals surface area contributed by atoms with Gasteiger partial charge in [0, 0.05) is 18.6 Å². The average molecular weight is 248 g/mol. The summed E-state index contributed by atoms with van der Waals surface area (Å²) in [6.45, 7) is 1.11. The Morgan fingerprint density at radius 3 is 2.25 bits per heavy atom. The molecule has 1 aromatic rings. The van der Waals surface area contributed by atoms with E-state index in [-0.39, 0.29) is 17.0 Å². The lowest BCUT2D eigenvalue weighted by atomic mass is 10.3. The van der Waals surface area contributed by atoms with Gasteiger partial charge in [0.05, 0.1) is 0 Å². The van der Waals surface area contributed by atoms with E-state index in [4.69, 9.17) is 0 Å². The van der Waals surface area contributed by atoms with Crippen LogP contribution in [0.2, 0.25) is 0 Å². The highest BCUT2D eigenvalue weighted by atomic mass is 79.9. The second kappa shape index (κ2) is 7.62. The molecule has 1 heterocycles. The lowest BCUT2D eigenvalue weighted by Gasteiger charge is -1.93. The number of unbranched alkanes of at least 4 members (excludes halogenated alkanes) is 1. The summed E-state index contributed by atoms with van der Waals surface area (Å²) in [5.41, 5.74) is 0. The SMILES string of the molecule is SCCCC[n+]1ccccc1.[Br-]. The molecule has 12 heavy (non-hydrogen) atoms. The van der Waals surface area contributed by atoms with Crippen molar-refractivity contribution >= 4 is 12.6 Å². The van der Waals surface area contributed by atoms with Crippen molar-refractivity contribution in [1.82, 2.24) is 0 Å². The van der Waals surface area contributed by atoms with E-state index in [1.54, 1.807) is 0 Å². The van der Waals surface area contributed by atoms with Crippen LogP contribution in [0.3, 0.4) is 0 Å². The number of hydrogen-bond donors (Lipinski definition) is 1. The van der Waals surface area contributed by atoms with Crippen LogP contribution < -0.4 is 21.5 Å². The number of nitrogens with zero attached hydrogens (tertiary/aromatic N) is 1. The fourth-order valence-electron chi connectivity index (χ4n) is 0.990. The molecule has 0 N–H and O–H groups in total. The van der Waals surface area contributed by atoms with E-state index in [1.165, 1.54) is 12.8 Å². The van der Waals surface area contributed by atoms with Crippen LogP contribution in [0.4, 0.5) is 0 Å². The van der Waals surface area contributed by atoms with E-state index in [1.807, 2.05) is 6.07 Å². The van der Waals surface area contributed by atoms with Crippen molar-refractivity contribution in [3.05, 3.63) is 30.6 Å². The predicted octanol–water partition coefficient (Wildman–Crippen LogP) is -1.31. The van der Waals surface area contributed by atoms with Crippen molar-refractivity contribution in [2.45, 2.75) is 19.4 Å². The largest absolute Gasteiger partial charge is 1.00 e. The number of aromatic nitrogens is 1. The minimum absolute atomic E-state index is 0. The summed E-state index contributed by atoms with van der Waals surface area (Å²) in [6, 6.07) is 6.15. The summed E-state index contributed by atoms with van der Waals surface area (Å²) in [5, 5.41) is 0. The summed E-state index contributed by atoms with van der Waals surface area (Å²) in [4.78, 5) is 0. The molecule has 0 amide bonds. The standard InChI is InChI=1S/C9H13NS.BrH/c11-9-5-4-8-10-6-2-1-3-7-10;/h1-3,6-7H,4-5,8-9H2;1H. The monoisotopic (exact) mass is 247 g/mol. The molecule has 68 valence electrons. The first kappa shape index (κ1) is 12.0. The van der Waals surface area contributed by atoms with Gasteiger partial charge in [0.15, 0.2) is 12.4 Å². The number of aryl methyl sites for hydroxylation is 1. The average Bonchev–Trinajstić information content (AvgIpc) is 2.07. The first-order valence-corrected chi connectivity index (χ1v) is 4.61. The predicted molar refractivity (Wildman–Crippen MR) is 49.7 cm³/mol. The normalized spacial score (nSPS) is 9.08. The maximum atomic E-state index is 4.16. The van der Waals surface area contributed by atoms with E-state index in [0.29, 0.717) is 0 Å². The summed E-state index contributed by atoms with van der Waals surface area (Å²) < 4.78 is 2.20. The first-order chi connectivity index (χ1) is 5.43. The third-order valence-electron chi connectivity index (χ3n) is 1.60. The maximum Gasteiger partial charge on any atom is 0.168 e. The minimum atomic E-state index is 0. The Bertz CT molecular complexity index is 191. The molecule has 0 aliphatic heterocycles. The zero-order valence-corrected chi connectivity index (χ0v) is 9.47. The molecule has 0 aliphatic rings. The van der Waals surface area contributed by atoms with Gasteiger partial charge in [-0.1, -0.05) is 6.07 Å². The molecule has 1 aromatic heterocycles. The molecule has 1 rings (SSSR count). The van der Waals surface area contributed by atoms with Crippen LogP contribution in [-0.4, -0.2) is 5.75 Å². The highest BCUT2D eigenvalue weighted by Crippen LogP contribution is 1.90. The van der Waals surface area contributed by atoms with Gasteiger partial charge in [0.1, 0.15) is 6.54 Å². The van der Waals surface area contributed by atoms with E-state index < -0.39 is 0 Å². The van der Waals surface area contributed by atoms with Gasteiger partial charge in [-0.15, -0.1) is 0 Å². The number of rotatable bonds is 4. The number of pyridine rings is 1. The molecular weight excluding hydrogens is 234 g/mol. The lowest BCUT2D eigenvalue weighted by Crippen LogP contribution is -3.00. The molecule has 0 radical (unpaired) electrons. The molecule has 0 aromatic carbocycles. The van der Waals surface area contributed by atoms with Crippen molar-refractivity contribution in [3.63, 3.8) is 0 Å². The molecule has 1 nitrogen and oxygen atoms in total. The van der Waals surface area contributed by atoms with Gasteiger partial charge >= 0.3 is 0 Å². The van der Waals surface area contributed by atoms with Crippen molar-refractivity contribution in [1.29, 1.82) is 0 Å². The van der Waals surface area contributed by atoms with Crippen molar-refractivity contribution in [3.8, 4) is 0 Å². The summed E-state index contributed by atoms with van der Waals surface area (Å²) in [7, 11) is 0. The van der Waals surface area contributed by atoms with Crippen LogP contribution in [0.5, 0.6) is 0 Å². The summed E-state index contributed by atoms with van der Waals surface area (Å²) in [6.07, 6.45) is 6.61. The van der Waals surface area contributed by atoms with Crippen LogP contribution in [0.1, 0.15) is 12.8 Å². The number of halogens is 1. The molecule has 3 heteroatoms. The molecule has 0 spiro atoms. The van der Waals surface area contributed by atoms with E-state index in [2.05, 4.69) is 41.7 Å². The molecule has 0 saturated carbocycles. The van der Waals surface area contributed by atoms with Gasteiger partial charge in [0.25, 0.3) is 0 Å². The van der Waals surface area contributed by atoms with Gasteiger partial charge in [0.2, 0.25) is 0 Å². The Hall–Kier alpha value is -0.0200. The molecule has 0 saturated heterocycles. The Morgan fingerprint density at radius 2 is 1.67 bits per heavy atom. The molecule has 0 bridgehead atoms. The maximum absolute atomic E-state index is 4.16. The molecular formula is C9H14BrNS. The number of hydrogen-bond acceptors (Lipinski definition) is 1. The van der Waals surface area contributed by atoms with Crippen molar-refractivity contribution in [2.24, 2.45) is 0 Å². The van der Waals surface area contributed by atoms with Crippen LogP contribution in [-0.2, 0) is 6.54 Å². The third kappa shape index (κ3) is 4.78. The highest BCUT2D eigenvalue weighted by Gasteiger charge is 1.95. The van der Waals surface area contributed by atoms with Crippen LogP contribution >= 0.6 is 12.6 Å². The highest BCUT2D eigenvalue weighted by molar-refractivity contribution is 7.80. The van der Waals surface area contributed by atoms with Gasteiger partial charge in [-0.3, -0.25) is 0 Å². The fraction of sp³-hybridized carbons (Fsp3) is 0.444. The molecule has 0 fully saturated rings. The second-order valence-corrected chi connectivity index (χ2v) is 2.99. The van der Waals surface area contributed by atoms with E-state index in [9.17, 15) is 0 Å². The topological polar surface area (TPSA) is 3.88 Å². The third-order valence-corrected chi connectivity index (χ3v) is 1.92. The zero-order valence-electron chi connectivity index (χ0n) is 6.99. The fourth-order valence-corrected chi connectivity index (χ4v) is 1.21. The Labute approximate surface area is 90.0 Å². The summed E-state index contributed by atoms with van der Waals surface area (Å²) >= 11 is 4.16. The first-order valence-electron chi connectivity index (χ1n) is 3.98. The molecule has 0 unspecified atom stereocenters. The van der Waals surface area contributed by atoms with Gasteiger partial charge in [-0.25, -0.2) is 4.57 Å². The van der Waals surface area contributed by atoms with E-state index in [0.717, 1.165) is 12.3 Å². The van der Waals surface area contributed by atoms with Gasteiger partial charge in [-0.2, -0.15) is 12.6 Å². The van der Waals surface area contributed by atoms with Crippen molar-refractivity contribution in [2.75, 3.05) is 5.75 Å². The second-order valence-electron chi connectivity index (χ2n) is 2.54. The Kier molecular flexibility index (Phi) is 7.61. The lowest BCUT2D eigenvalue weighted by molar-refractivity contribution is -0.697. The van der Waals surface area contributed by atoms with Crippen molar-refractivity contribution < 1.29 is 21.5 Å². The van der Waals surface area contributed by atoms with Crippen LogP contribution in [0.15, 0.2) is 30.6 Å². The van der Waals surface area contributed by atoms with Gasteiger partial charge in [-0.05, 0) is 12.2 Å². The Balaban J connectivity index is 0.00000121. The van der Waals surface area contributed by atoms with Crippen LogP contribution in [0, 0.1) is 0 Å². The Morgan fingerprint density at radius 1 is 1.00 bits per heavy atom. The quantitative estimate of drug-likeness (QED) is 0.383.